The molecule has 0 aromatic heterocycles. The number of carbonyl (C=O) groups excluding carboxylic acids is 3. The van der Waals surface area contributed by atoms with Crippen LogP contribution in [0, 0.1) is 0 Å². The van der Waals surface area contributed by atoms with E-state index in [1.54, 1.807) is 0 Å². The van der Waals surface area contributed by atoms with Crippen LogP contribution in [0.25, 0.3) is 0 Å². The Balaban J connectivity index is 4.16. The van der Waals surface area contributed by atoms with Crippen molar-refractivity contribution in [2.24, 2.45) is 0 Å². The molecular weight excluding hydrogens is 959 g/mol. The average molecular weight is 1070 g/mol. The second kappa shape index (κ2) is 57.6. The van der Waals surface area contributed by atoms with E-state index in [0.717, 1.165) is 128 Å². The van der Waals surface area contributed by atoms with Crippen LogP contribution < -0.4 is 5.11 Å². The zero-order valence-corrected chi connectivity index (χ0v) is 49.5. The standard InChI is InChI=1S/C68H111NO8/c1-6-8-10-12-14-16-18-20-22-23-24-25-26-27-28-29-30-31-32-33-34-35-36-37-38-39-40-41-42-43-45-47-49-51-53-55-57-59-66(71)77-64(63-76-68(67(72)73)74-61-60-69(3,4)5)62-75-65(70)58-56-54-52-50-48-46-44-21-19-17-15-13-11-9-7-2/h8-11,14-17,20-22,24-25,27-28,30-31,33-34,36-37,44,64,68H,6-7,12-13,18-19,23,26,29,32,35,38-43,45-63H2,1-5H3/b10-8-,11-9-,16-14-,17-15-,22-20-,25-24-,28-27-,31-30-,34-33-,37-36-,44-21-. The number of esters is 2. The maximum absolute atomic E-state index is 12.9. The lowest BCUT2D eigenvalue weighted by molar-refractivity contribution is -0.870. The summed E-state index contributed by atoms with van der Waals surface area (Å²) in [5.41, 5.74) is 0. The van der Waals surface area contributed by atoms with Crippen molar-refractivity contribution in [3.63, 3.8) is 0 Å². The van der Waals surface area contributed by atoms with Crippen LogP contribution in [0.15, 0.2) is 134 Å². The van der Waals surface area contributed by atoms with Gasteiger partial charge in [0.05, 0.1) is 40.3 Å². The van der Waals surface area contributed by atoms with Gasteiger partial charge in [-0.2, -0.15) is 0 Å². The third-order valence-electron chi connectivity index (χ3n) is 12.4. The number of ether oxygens (including phenoxy) is 4. The van der Waals surface area contributed by atoms with E-state index in [1.165, 1.54) is 51.4 Å². The zero-order chi connectivity index (χ0) is 56.2. The highest BCUT2D eigenvalue weighted by molar-refractivity contribution is 5.70. The van der Waals surface area contributed by atoms with E-state index in [2.05, 4.69) is 148 Å². The van der Waals surface area contributed by atoms with Crippen LogP contribution >= 0.6 is 0 Å². The van der Waals surface area contributed by atoms with Gasteiger partial charge in [0.15, 0.2) is 12.4 Å². The quantitative estimate of drug-likeness (QED) is 0.0195. The van der Waals surface area contributed by atoms with Gasteiger partial charge >= 0.3 is 11.9 Å². The molecule has 0 aromatic rings. The molecule has 0 aromatic carbocycles. The minimum Gasteiger partial charge on any atom is -0.545 e. The molecule has 0 aliphatic rings. The highest BCUT2D eigenvalue weighted by Gasteiger charge is 2.22. The lowest BCUT2D eigenvalue weighted by Gasteiger charge is -2.26. The third-order valence-corrected chi connectivity index (χ3v) is 12.4. The van der Waals surface area contributed by atoms with Crippen LogP contribution in [0.5, 0.6) is 0 Å². The number of likely N-dealkylation sites (N-methyl/N-ethyl adjacent to an activating group) is 1. The third kappa shape index (κ3) is 58.9. The van der Waals surface area contributed by atoms with E-state index in [9.17, 15) is 19.5 Å². The molecule has 0 rings (SSSR count). The van der Waals surface area contributed by atoms with Crippen LogP contribution in [0.3, 0.4) is 0 Å². The first-order valence-electron chi connectivity index (χ1n) is 30.3. The van der Waals surface area contributed by atoms with E-state index in [1.807, 2.05) is 21.1 Å². The fraction of sp³-hybridized carbons (Fsp3) is 0.632. The van der Waals surface area contributed by atoms with Gasteiger partial charge in [-0.05, 0) is 109 Å². The Kier molecular flexibility index (Phi) is 54.2. The molecule has 0 N–H and O–H groups in total. The van der Waals surface area contributed by atoms with Crippen LogP contribution in [0.4, 0.5) is 0 Å². The molecule has 77 heavy (non-hydrogen) atoms. The molecule has 0 aliphatic heterocycles. The molecule has 0 heterocycles. The number of unbranched alkanes of at least 4 members (excludes halogenated alkanes) is 17. The predicted molar refractivity (Wildman–Crippen MR) is 324 cm³/mol. The van der Waals surface area contributed by atoms with Crippen molar-refractivity contribution in [2.75, 3.05) is 47.5 Å². The molecule has 0 bridgehead atoms. The average Bonchev–Trinajstić information content (AvgIpc) is 3.40. The van der Waals surface area contributed by atoms with Gasteiger partial charge in [-0.15, -0.1) is 0 Å². The number of allylic oxidation sites excluding steroid dienone is 22. The van der Waals surface area contributed by atoms with Gasteiger partial charge in [-0.3, -0.25) is 9.59 Å². The van der Waals surface area contributed by atoms with Gasteiger partial charge in [0.2, 0.25) is 0 Å². The summed E-state index contributed by atoms with van der Waals surface area (Å²) in [6.07, 6.45) is 79.4. The topological polar surface area (TPSA) is 111 Å². The first kappa shape index (κ1) is 72.4. The Labute approximate surface area is 471 Å². The molecule has 0 aliphatic carbocycles. The van der Waals surface area contributed by atoms with Crippen molar-refractivity contribution in [3.8, 4) is 0 Å². The SMILES string of the molecule is CC/C=C\C/C=C\C/C=C\C/C=C\C/C=C\C/C=C\C/C=C\C/C=C\CCCCCCCCCCCCCCC(=O)OC(COC(=O)CCCCCCC/C=C\C/C=C\C/C=C\CC)COC(OCC[N+](C)(C)C)C(=O)[O-]. The summed E-state index contributed by atoms with van der Waals surface area (Å²) in [5.74, 6) is -2.32. The molecule has 2 unspecified atom stereocenters. The van der Waals surface area contributed by atoms with Gasteiger partial charge in [-0.1, -0.05) is 231 Å². The molecule has 0 spiro atoms. The molecule has 0 saturated carbocycles. The Hall–Kier alpha value is -4.57. The van der Waals surface area contributed by atoms with Gasteiger partial charge < -0.3 is 33.3 Å². The molecular formula is C68H111NO8. The fourth-order valence-corrected chi connectivity index (χ4v) is 7.80. The molecule has 9 heteroatoms. The van der Waals surface area contributed by atoms with E-state index < -0.39 is 24.3 Å². The first-order chi connectivity index (χ1) is 37.6. The maximum atomic E-state index is 12.9. The molecule has 9 nitrogen and oxygen atoms in total. The maximum Gasteiger partial charge on any atom is 0.306 e. The van der Waals surface area contributed by atoms with E-state index in [-0.39, 0.29) is 38.6 Å². The number of quaternary nitrogens is 1. The van der Waals surface area contributed by atoms with Crippen LogP contribution in [0.2, 0.25) is 0 Å². The first-order valence-corrected chi connectivity index (χ1v) is 30.3. The van der Waals surface area contributed by atoms with Gasteiger partial charge in [0.25, 0.3) is 0 Å². The highest BCUT2D eigenvalue weighted by atomic mass is 16.7. The Morgan fingerprint density at radius 3 is 1.04 bits per heavy atom. The van der Waals surface area contributed by atoms with Crippen LogP contribution in [-0.4, -0.2) is 82.3 Å². The van der Waals surface area contributed by atoms with Crippen molar-refractivity contribution >= 4 is 17.9 Å². The highest BCUT2D eigenvalue weighted by Crippen LogP contribution is 2.15. The molecule has 436 valence electrons. The number of rotatable bonds is 54. The number of aliphatic carboxylic acids is 1. The number of carboxylic acids is 1. The van der Waals surface area contributed by atoms with Crippen molar-refractivity contribution in [2.45, 2.75) is 232 Å². The van der Waals surface area contributed by atoms with Crippen molar-refractivity contribution in [1.29, 1.82) is 0 Å². The summed E-state index contributed by atoms with van der Waals surface area (Å²) in [6.45, 7) is 4.48. The number of carbonyl (C=O) groups is 3. The fourth-order valence-electron chi connectivity index (χ4n) is 7.80. The number of carboxylic acid groups (broad SMARTS) is 1. The van der Waals surface area contributed by atoms with Gasteiger partial charge in [-0.25, -0.2) is 0 Å². The summed E-state index contributed by atoms with van der Waals surface area (Å²) >= 11 is 0. The minimum atomic E-state index is -1.63. The lowest BCUT2D eigenvalue weighted by Crippen LogP contribution is -2.44. The second-order valence-electron chi connectivity index (χ2n) is 20.9. The van der Waals surface area contributed by atoms with Crippen molar-refractivity contribution < 1.29 is 42.9 Å². The van der Waals surface area contributed by atoms with E-state index in [4.69, 9.17) is 18.9 Å². The van der Waals surface area contributed by atoms with Crippen molar-refractivity contribution in [1.82, 2.24) is 0 Å². The predicted octanol–water partition coefficient (Wildman–Crippen LogP) is 16.9. The summed E-state index contributed by atoms with van der Waals surface area (Å²) in [6, 6.07) is 0. The number of hydrogen-bond acceptors (Lipinski definition) is 8. The van der Waals surface area contributed by atoms with E-state index in [0.29, 0.717) is 23.9 Å². The zero-order valence-electron chi connectivity index (χ0n) is 49.5. The molecule has 2 atom stereocenters. The Bertz CT molecular complexity index is 1720. The van der Waals surface area contributed by atoms with Crippen LogP contribution in [0.1, 0.15) is 219 Å². The lowest BCUT2D eigenvalue weighted by atomic mass is 10.0. The monoisotopic (exact) mass is 1070 g/mol. The molecule has 0 fully saturated rings. The number of nitrogens with zero attached hydrogens (tertiary/aromatic N) is 1. The summed E-state index contributed by atoms with van der Waals surface area (Å²) in [4.78, 5) is 37.3. The summed E-state index contributed by atoms with van der Waals surface area (Å²) in [5, 5.41) is 11.8. The Morgan fingerprint density at radius 2 is 0.701 bits per heavy atom. The summed E-state index contributed by atoms with van der Waals surface area (Å²) < 4.78 is 22.7. The van der Waals surface area contributed by atoms with Crippen molar-refractivity contribution in [3.05, 3.63) is 134 Å². The van der Waals surface area contributed by atoms with Crippen LogP contribution in [-0.2, 0) is 33.3 Å². The smallest absolute Gasteiger partial charge is 0.306 e. The number of hydrogen-bond donors (Lipinski definition) is 0. The molecule has 0 saturated heterocycles. The molecule has 0 amide bonds. The molecule has 0 radical (unpaired) electrons. The van der Waals surface area contributed by atoms with Gasteiger partial charge in [0, 0.05) is 12.8 Å². The Morgan fingerprint density at radius 1 is 0.390 bits per heavy atom. The largest absolute Gasteiger partial charge is 0.545 e. The van der Waals surface area contributed by atoms with E-state index >= 15 is 0 Å². The van der Waals surface area contributed by atoms with Gasteiger partial charge in [0.1, 0.15) is 13.2 Å². The summed E-state index contributed by atoms with van der Waals surface area (Å²) in [7, 11) is 5.90. The normalized spacial score (nSPS) is 13.7. The minimum absolute atomic E-state index is 0.138. The second-order valence-corrected chi connectivity index (χ2v) is 20.9.